The van der Waals surface area contributed by atoms with E-state index in [0.29, 0.717) is 37.3 Å². The standard InChI is InChI=1S/C26H30N6O2/c33-15-5-14-27-26-30-24(23-25(31-26)32(17-29-23)20-6-1-2-7-20)28-16-18-10-12-19(13-11-18)21-8-3-4-9-22(21)34/h3-4,8-13,17,20,33-34H,1-2,5-7,14-16H2,(H2,27,28,30,31). The lowest BCUT2D eigenvalue weighted by atomic mass is 10.0. The van der Waals surface area contributed by atoms with Crippen molar-refractivity contribution in [2.24, 2.45) is 0 Å². The summed E-state index contributed by atoms with van der Waals surface area (Å²) in [5.74, 6) is 1.51. The van der Waals surface area contributed by atoms with E-state index in [1.54, 1.807) is 6.07 Å². The summed E-state index contributed by atoms with van der Waals surface area (Å²) >= 11 is 0. The number of hydrogen-bond donors (Lipinski definition) is 4. The summed E-state index contributed by atoms with van der Waals surface area (Å²) in [6, 6.07) is 15.9. The average molecular weight is 459 g/mol. The largest absolute Gasteiger partial charge is 0.507 e. The number of benzene rings is 2. The van der Waals surface area contributed by atoms with Gasteiger partial charge in [0.25, 0.3) is 0 Å². The molecule has 1 aliphatic rings. The molecule has 0 aliphatic heterocycles. The molecule has 1 aliphatic carbocycles. The molecule has 0 saturated heterocycles. The van der Waals surface area contributed by atoms with Gasteiger partial charge in [0.1, 0.15) is 5.75 Å². The number of phenols is 1. The Morgan fingerprint density at radius 2 is 1.76 bits per heavy atom. The SMILES string of the molecule is OCCCNc1nc(NCc2ccc(-c3ccccc3O)cc2)c2ncn(C3CCCC3)c2n1. The number of fused-ring (bicyclic) bond motifs is 1. The van der Waals surface area contributed by atoms with E-state index in [4.69, 9.17) is 10.1 Å². The Hall–Kier alpha value is -3.65. The van der Waals surface area contributed by atoms with Gasteiger partial charge in [-0.05, 0) is 36.5 Å². The number of rotatable bonds is 9. The van der Waals surface area contributed by atoms with Gasteiger partial charge in [-0.1, -0.05) is 55.3 Å². The smallest absolute Gasteiger partial charge is 0.226 e. The Bertz CT molecular complexity index is 1250. The number of phenolic OH excluding ortho intramolecular Hbond substituents is 1. The lowest BCUT2D eigenvalue weighted by Gasteiger charge is -2.14. The molecule has 4 N–H and O–H groups in total. The molecule has 5 rings (SSSR count). The van der Waals surface area contributed by atoms with Gasteiger partial charge >= 0.3 is 0 Å². The van der Waals surface area contributed by atoms with Crippen molar-refractivity contribution < 1.29 is 10.2 Å². The van der Waals surface area contributed by atoms with Crippen LogP contribution in [0.4, 0.5) is 11.8 Å². The fourth-order valence-electron chi connectivity index (χ4n) is 4.55. The predicted molar refractivity (Wildman–Crippen MR) is 134 cm³/mol. The number of aliphatic hydroxyl groups is 1. The van der Waals surface area contributed by atoms with Crippen LogP contribution in [0.25, 0.3) is 22.3 Å². The van der Waals surface area contributed by atoms with Gasteiger partial charge in [0, 0.05) is 31.3 Å². The molecular formula is C26H30N6O2. The van der Waals surface area contributed by atoms with E-state index >= 15 is 0 Å². The zero-order valence-electron chi connectivity index (χ0n) is 19.1. The maximum atomic E-state index is 10.1. The molecule has 4 aromatic rings. The van der Waals surface area contributed by atoms with Crippen LogP contribution in [-0.2, 0) is 6.54 Å². The zero-order chi connectivity index (χ0) is 23.3. The number of para-hydroxylation sites is 1. The number of nitrogens with zero attached hydrogens (tertiary/aromatic N) is 4. The van der Waals surface area contributed by atoms with Crippen molar-refractivity contribution in [3.05, 3.63) is 60.4 Å². The molecule has 176 valence electrons. The van der Waals surface area contributed by atoms with E-state index in [-0.39, 0.29) is 12.4 Å². The molecule has 8 nitrogen and oxygen atoms in total. The Kier molecular flexibility index (Phi) is 6.58. The lowest BCUT2D eigenvalue weighted by molar-refractivity contribution is 0.292. The van der Waals surface area contributed by atoms with Crippen molar-refractivity contribution >= 4 is 22.9 Å². The van der Waals surface area contributed by atoms with E-state index < -0.39 is 0 Å². The Balaban J connectivity index is 1.38. The van der Waals surface area contributed by atoms with Gasteiger partial charge in [-0.3, -0.25) is 0 Å². The molecule has 34 heavy (non-hydrogen) atoms. The molecule has 0 atom stereocenters. The molecule has 2 heterocycles. The molecule has 0 unspecified atom stereocenters. The van der Waals surface area contributed by atoms with Crippen molar-refractivity contribution in [2.75, 3.05) is 23.8 Å². The number of imidazole rings is 1. The van der Waals surface area contributed by atoms with Gasteiger partial charge in [0.2, 0.25) is 5.95 Å². The first-order valence-electron chi connectivity index (χ1n) is 11.9. The maximum Gasteiger partial charge on any atom is 0.226 e. The van der Waals surface area contributed by atoms with Crippen LogP contribution < -0.4 is 10.6 Å². The highest BCUT2D eigenvalue weighted by molar-refractivity contribution is 5.84. The second kappa shape index (κ2) is 10.1. The number of aliphatic hydroxyl groups excluding tert-OH is 1. The van der Waals surface area contributed by atoms with Gasteiger partial charge in [0.05, 0.1) is 6.33 Å². The first-order chi connectivity index (χ1) is 16.7. The van der Waals surface area contributed by atoms with Crippen molar-refractivity contribution in [1.29, 1.82) is 0 Å². The second-order valence-electron chi connectivity index (χ2n) is 8.73. The highest BCUT2D eigenvalue weighted by Crippen LogP contribution is 2.33. The van der Waals surface area contributed by atoms with Gasteiger partial charge in [-0.2, -0.15) is 9.97 Å². The quantitative estimate of drug-likeness (QED) is 0.269. The number of aromatic hydroxyl groups is 1. The topological polar surface area (TPSA) is 108 Å². The average Bonchev–Trinajstić information content (AvgIpc) is 3.53. The first kappa shape index (κ1) is 22.2. The van der Waals surface area contributed by atoms with Crippen LogP contribution in [0, 0.1) is 0 Å². The van der Waals surface area contributed by atoms with Gasteiger partial charge in [-0.25, -0.2) is 4.98 Å². The van der Waals surface area contributed by atoms with E-state index in [1.165, 1.54) is 12.8 Å². The molecule has 1 saturated carbocycles. The molecule has 0 radical (unpaired) electrons. The van der Waals surface area contributed by atoms with Gasteiger partial charge in [0.15, 0.2) is 17.0 Å². The minimum absolute atomic E-state index is 0.122. The predicted octanol–water partition coefficient (Wildman–Crippen LogP) is 4.72. The van der Waals surface area contributed by atoms with Crippen molar-refractivity contribution in [1.82, 2.24) is 19.5 Å². The van der Waals surface area contributed by atoms with Crippen LogP contribution in [0.15, 0.2) is 54.9 Å². The van der Waals surface area contributed by atoms with Crippen LogP contribution in [0.5, 0.6) is 5.75 Å². The normalized spacial score (nSPS) is 14.0. The van der Waals surface area contributed by atoms with Crippen molar-refractivity contribution in [3.63, 3.8) is 0 Å². The Morgan fingerprint density at radius 1 is 0.971 bits per heavy atom. The van der Waals surface area contributed by atoms with E-state index in [2.05, 4.69) is 25.2 Å². The molecule has 0 bridgehead atoms. The highest BCUT2D eigenvalue weighted by Gasteiger charge is 2.21. The minimum atomic E-state index is 0.122. The van der Waals surface area contributed by atoms with Crippen molar-refractivity contribution in [3.8, 4) is 16.9 Å². The first-order valence-corrected chi connectivity index (χ1v) is 11.9. The van der Waals surface area contributed by atoms with E-state index in [0.717, 1.165) is 40.7 Å². The summed E-state index contributed by atoms with van der Waals surface area (Å²) < 4.78 is 2.19. The summed E-state index contributed by atoms with van der Waals surface area (Å²) in [6.45, 7) is 1.31. The summed E-state index contributed by atoms with van der Waals surface area (Å²) in [5.41, 5.74) is 4.49. The third-order valence-corrected chi connectivity index (χ3v) is 6.39. The summed E-state index contributed by atoms with van der Waals surface area (Å²) in [6.07, 6.45) is 7.29. The molecule has 8 heteroatoms. The van der Waals surface area contributed by atoms with E-state index in [1.807, 2.05) is 48.8 Å². The minimum Gasteiger partial charge on any atom is -0.507 e. The van der Waals surface area contributed by atoms with Crippen LogP contribution in [0.2, 0.25) is 0 Å². The van der Waals surface area contributed by atoms with Crippen LogP contribution in [0.1, 0.15) is 43.7 Å². The summed E-state index contributed by atoms with van der Waals surface area (Å²) in [7, 11) is 0. The number of anilines is 2. The summed E-state index contributed by atoms with van der Waals surface area (Å²) in [4.78, 5) is 14.1. The molecule has 0 amide bonds. The molecule has 2 aromatic carbocycles. The van der Waals surface area contributed by atoms with Crippen LogP contribution in [-0.4, -0.2) is 42.9 Å². The van der Waals surface area contributed by atoms with Crippen LogP contribution >= 0.6 is 0 Å². The number of nitrogens with one attached hydrogen (secondary N) is 2. The molecule has 0 spiro atoms. The Labute approximate surface area is 198 Å². The van der Waals surface area contributed by atoms with E-state index in [9.17, 15) is 5.11 Å². The highest BCUT2D eigenvalue weighted by atomic mass is 16.3. The van der Waals surface area contributed by atoms with Crippen molar-refractivity contribution in [2.45, 2.75) is 44.7 Å². The van der Waals surface area contributed by atoms with Gasteiger partial charge < -0.3 is 25.4 Å². The molecule has 2 aromatic heterocycles. The molecular weight excluding hydrogens is 428 g/mol. The second-order valence-corrected chi connectivity index (χ2v) is 8.73. The summed E-state index contributed by atoms with van der Waals surface area (Å²) in [5, 5.41) is 25.9. The monoisotopic (exact) mass is 458 g/mol. The van der Waals surface area contributed by atoms with Crippen LogP contribution in [0.3, 0.4) is 0 Å². The number of aromatic nitrogens is 4. The lowest BCUT2D eigenvalue weighted by Crippen LogP contribution is -2.11. The fraction of sp³-hybridized carbons (Fsp3) is 0.346. The molecule has 1 fully saturated rings. The zero-order valence-corrected chi connectivity index (χ0v) is 19.1. The third kappa shape index (κ3) is 4.68. The maximum absolute atomic E-state index is 10.1. The third-order valence-electron chi connectivity index (χ3n) is 6.39. The van der Waals surface area contributed by atoms with Gasteiger partial charge in [-0.15, -0.1) is 0 Å². The number of hydrogen-bond acceptors (Lipinski definition) is 7. The Morgan fingerprint density at radius 3 is 2.53 bits per heavy atom. The fourth-order valence-corrected chi connectivity index (χ4v) is 4.55.